The van der Waals surface area contributed by atoms with Crippen molar-refractivity contribution in [2.45, 2.75) is 19.3 Å². The monoisotopic (exact) mass is 376 g/mol. The normalized spacial score (nSPS) is 15.0. The van der Waals surface area contributed by atoms with E-state index >= 15 is 0 Å². The van der Waals surface area contributed by atoms with E-state index in [0.29, 0.717) is 23.5 Å². The predicted octanol–water partition coefficient (Wildman–Crippen LogP) is 2.71. The van der Waals surface area contributed by atoms with Crippen LogP contribution in [0.1, 0.15) is 35.2 Å². The molecule has 0 radical (unpaired) electrons. The molecule has 2 aliphatic heterocycles. The molecule has 1 fully saturated rings. The highest BCUT2D eigenvalue weighted by molar-refractivity contribution is 5.95. The number of piperidine rings is 1. The van der Waals surface area contributed by atoms with Gasteiger partial charge in [0.1, 0.15) is 0 Å². The first-order valence-electron chi connectivity index (χ1n) is 9.28. The van der Waals surface area contributed by atoms with Crippen LogP contribution >= 0.6 is 0 Å². The van der Waals surface area contributed by atoms with Crippen molar-refractivity contribution in [2.24, 2.45) is 0 Å². The van der Waals surface area contributed by atoms with E-state index in [2.05, 4.69) is 17.2 Å². The molecule has 6 heteroatoms. The summed E-state index contributed by atoms with van der Waals surface area (Å²) < 4.78 is 10.5. The van der Waals surface area contributed by atoms with Crippen molar-refractivity contribution in [1.29, 1.82) is 0 Å². The molecular weight excluding hydrogens is 356 g/mol. The smallest absolute Gasteiger partial charge is 0.252 e. The first-order chi connectivity index (χ1) is 13.7. The predicted molar refractivity (Wildman–Crippen MR) is 104 cm³/mol. The third-order valence-electron chi connectivity index (χ3n) is 4.71. The number of nitrogens with one attached hydrogen (secondary N) is 1. The van der Waals surface area contributed by atoms with E-state index in [9.17, 15) is 9.59 Å². The van der Waals surface area contributed by atoms with Crippen molar-refractivity contribution in [2.75, 3.05) is 24.8 Å². The van der Waals surface area contributed by atoms with Crippen LogP contribution in [0.15, 0.2) is 42.5 Å². The van der Waals surface area contributed by atoms with E-state index in [1.54, 1.807) is 18.2 Å². The molecule has 2 aliphatic rings. The molecule has 0 unspecified atom stereocenters. The second kappa shape index (κ2) is 8.05. The summed E-state index contributed by atoms with van der Waals surface area (Å²) in [6, 6.07) is 12.7. The fourth-order valence-corrected chi connectivity index (χ4v) is 3.21. The Balaban J connectivity index is 1.32. The molecule has 2 aromatic rings. The van der Waals surface area contributed by atoms with Gasteiger partial charge < -0.3 is 19.7 Å². The molecule has 2 heterocycles. The van der Waals surface area contributed by atoms with Gasteiger partial charge in [0, 0.05) is 29.8 Å². The van der Waals surface area contributed by atoms with Crippen molar-refractivity contribution < 1.29 is 19.1 Å². The van der Waals surface area contributed by atoms with Gasteiger partial charge in [-0.3, -0.25) is 9.59 Å². The minimum Gasteiger partial charge on any atom is -0.454 e. The highest BCUT2D eigenvalue weighted by atomic mass is 16.7. The first-order valence-corrected chi connectivity index (χ1v) is 9.28. The van der Waals surface area contributed by atoms with Gasteiger partial charge in [-0.15, -0.1) is 0 Å². The molecule has 0 spiro atoms. The van der Waals surface area contributed by atoms with Crippen molar-refractivity contribution >= 4 is 17.5 Å². The Kier molecular flexibility index (Phi) is 5.16. The summed E-state index contributed by atoms with van der Waals surface area (Å²) in [6.45, 7) is 1.19. The Morgan fingerprint density at radius 2 is 1.89 bits per heavy atom. The minimum atomic E-state index is -0.216. The molecule has 0 aliphatic carbocycles. The zero-order chi connectivity index (χ0) is 19.3. The van der Waals surface area contributed by atoms with Crippen LogP contribution < -0.4 is 19.7 Å². The van der Waals surface area contributed by atoms with Gasteiger partial charge in [-0.2, -0.15) is 0 Å². The highest BCUT2D eigenvalue weighted by Gasteiger charge is 2.19. The maximum absolute atomic E-state index is 12.2. The van der Waals surface area contributed by atoms with Crippen LogP contribution in [0, 0.1) is 11.8 Å². The largest absolute Gasteiger partial charge is 0.454 e. The number of hydrogen-bond donors (Lipinski definition) is 1. The number of ether oxygens (including phenoxy) is 2. The van der Waals surface area contributed by atoms with E-state index in [0.717, 1.165) is 30.6 Å². The Morgan fingerprint density at radius 3 is 2.71 bits per heavy atom. The van der Waals surface area contributed by atoms with Crippen LogP contribution in [0.2, 0.25) is 0 Å². The molecule has 0 aromatic heterocycles. The molecule has 4 rings (SSSR count). The number of nitrogens with zero attached hydrogens (tertiary/aromatic N) is 1. The molecule has 0 atom stereocenters. The summed E-state index contributed by atoms with van der Waals surface area (Å²) in [7, 11) is 0. The Bertz CT molecular complexity index is 957. The summed E-state index contributed by atoms with van der Waals surface area (Å²) in [5.74, 6) is 7.15. The zero-order valence-electron chi connectivity index (χ0n) is 15.4. The third kappa shape index (κ3) is 3.94. The number of fused-ring (bicyclic) bond motifs is 1. The lowest BCUT2D eigenvalue weighted by Crippen LogP contribution is -2.35. The topological polar surface area (TPSA) is 67.9 Å². The number of benzene rings is 2. The van der Waals surface area contributed by atoms with Crippen LogP contribution in [0.25, 0.3) is 0 Å². The van der Waals surface area contributed by atoms with Gasteiger partial charge in [-0.05, 0) is 55.3 Å². The van der Waals surface area contributed by atoms with E-state index in [-0.39, 0.29) is 25.2 Å². The van der Waals surface area contributed by atoms with Gasteiger partial charge >= 0.3 is 0 Å². The summed E-state index contributed by atoms with van der Waals surface area (Å²) in [5, 5.41) is 2.77. The Hall–Kier alpha value is -3.46. The van der Waals surface area contributed by atoms with Gasteiger partial charge in [0.2, 0.25) is 12.7 Å². The van der Waals surface area contributed by atoms with Crippen molar-refractivity contribution in [1.82, 2.24) is 5.32 Å². The summed E-state index contributed by atoms with van der Waals surface area (Å²) in [5.41, 5.74) is 2.25. The van der Waals surface area contributed by atoms with Gasteiger partial charge in [-0.25, -0.2) is 0 Å². The second-order valence-corrected chi connectivity index (χ2v) is 6.60. The number of rotatable bonds is 3. The molecule has 1 N–H and O–H groups in total. The number of carbonyl (C=O) groups is 2. The van der Waals surface area contributed by atoms with E-state index in [1.807, 2.05) is 29.2 Å². The first kappa shape index (κ1) is 17.9. The van der Waals surface area contributed by atoms with Gasteiger partial charge in [0.25, 0.3) is 5.91 Å². The lowest BCUT2D eigenvalue weighted by molar-refractivity contribution is -0.119. The van der Waals surface area contributed by atoms with E-state index in [1.165, 1.54) is 0 Å². The van der Waals surface area contributed by atoms with Gasteiger partial charge in [0.05, 0.1) is 6.54 Å². The SMILES string of the molecule is O=C(NCC#Cc1ccc(N2CCCCC2=O)cc1)c1ccc2c(c1)OCO2. The fourth-order valence-electron chi connectivity index (χ4n) is 3.21. The summed E-state index contributed by atoms with van der Waals surface area (Å²) in [6.07, 6.45) is 2.62. The quantitative estimate of drug-likeness (QED) is 0.837. The van der Waals surface area contributed by atoms with Gasteiger partial charge in [0.15, 0.2) is 11.5 Å². The summed E-state index contributed by atoms with van der Waals surface area (Å²) in [4.78, 5) is 26.0. The average molecular weight is 376 g/mol. The van der Waals surface area contributed by atoms with Crippen LogP contribution in [-0.2, 0) is 4.79 Å². The standard InChI is InChI=1S/C22H20N2O4/c25-21-5-1-2-13-24(21)18-9-6-16(7-10-18)4-3-12-23-22(26)17-8-11-19-20(14-17)28-15-27-19/h6-11,14H,1-2,5,12-13,15H2,(H,23,26). The maximum atomic E-state index is 12.2. The van der Waals surface area contributed by atoms with Gasteiger partial charge in [-0.1, -0.05) is 11.8 Å². The molecule has 0 saturated carbocycles. The summed E-state index contributed by atoms with van der Waals surface area (Å²) >= 11 is 0. The van der Waals surface area contributed by atoms with Crippen LogP contribution in [0.3, 0.4) is 0 Å². The number of hydrogen-bond acceptors (Lipinski definition) is 4. The minimum absolute atomic E-state index is 0.177. The molecule has 2 aromatic carbocycles. The van der Waals surface area contributed by atoms with Crippen LogP contribution in [0.5, 0.6) is 11.5 Å². The molecule has 1 saturated heterocycles. The van der Waals surface area contributed by atoms with E-state index in [4.69, 9.17) is 9.47 Å². The van der Waals surface area contributed by atoms with Crippen LogP contribution in [0.4, 0.5) is 5.69 Å². The molecule has 2 amide bonds. The number of carbonyl (C=O) groups excluding carboxylic acids is 2. The molecule has 142 valence electrons. The maximum Gasteiger partial charge on any atom is 0.252 e. The highest BCUT2D eigenvalue weighted by Crippen LogP contribution is 2.32. The molecule has 0 bridgehead atoms. The third-order valence-corrected chi connectivity index (χ3v) is 4.71. The number of amides is 2. The fraction of sp³-hybridized carbons (Fsp3) is 0.273. The zero-order valence-corrected chi connectivity index (χ0v) is 15.4. The van der Waals surface area contributed by atoms with Crippen molar-refractivity contribution in [3.8, 4) is 23.3 Å². The molecular formula is C22H20N2O4. The lowest BCUT2D eigenvalue weighted by atomic mass is 10.1. The van der Waals surface area contributed by atoms with E-state index < -0.39 is 0 Å². The molecule has 6 nitrogen and oxygen atoms in total. The average Bonchev–Trinajstić information content (AvgIpc) is 3.20. The van der Waals surface area contributed by atoms with Crippen LogP contribution in [-0.4, -0.2) is 31.7 Å². The van der Waals surface area contributed by atoms with Crippen molar-refractivity contribution in [3.05, 3.63) is 53.6 Å². The second-order valence-electron chi connectivity index (χ2n) is 6.60. The number of anilines is 1. The Labute approximate surface area is 163 Å². The Morgan fingerprint density at radius 1 is 1.07 bits per heavy atom. The van der Waals surface area contributed by atoms with Crippen molar-refractivity contribution in [3.63, 3.8) is 0 Å². The lowest BCUT2D eigenvalue weighted by Gasteiger charge is -2.26. The molecule has 28 heavy (non-hydrogen) atoms.